The van der Waals surface area contributed by atoms with E-state index in [9.17, 15) is 0 Å². The molecule has 7 nitrogen and oxygen atoms in total. The molecule has 3 aromatic heterocycles. The number of nitrogens with zero attached hydrogens (tertiary/aromatic N) is 6. The molecule has 0 atom stereocenters. The van der Waals surface area contributed by atoms with Gasteiger partial charge in [0.2, 0.25) is 0 Å². The molecule has 8 heteroatoms. The molecule has 1 N–H and O–H groups in total. The van der Waals surface area contributed by atoms with E-state index in [0.29, 0.717) is 10.8 Å². The van der Waals surface area contributed by atoms with E-state index in [2.05, 4.69) is 30.5 Å². The molecule has 0 spiro atoms. The molecular weight excluding hydrogens is 374 g/mol. The van der Waals surface area contributed by atoms with E-state index in [1.54, 1.807) is 18.3 Å². The van der Waals surface area contributed by atoms with Crippen LogP contribution in [0.3, 0.4) is 0 Å². The summed E-state index contributed by atoms with van der Waals surface area (Å²) < 4.78 is 1.96. The summed E-state index contributed by atoms with van der Waals surface area (Å²) in [6.45, 7) is 5.83. The smallest absolute Gasteiger partial charge is 0.157 e. The van der Waals surface area contributed by atoms with Crippen LogP contribution in [0.15, 0.2) is 54.2 Å². The number of anilines is 1. The van der Waals surface area contributed by atoms with Crippen molar-refractivity contribution in [2.45, 2.75) is 20.8 Å². The van der Waals surface area contributed by atoms with Crippen LogP contribution >= 0.6 is 11.6 Å². The Morgan fingerprint density at radius 1 is 1.11 bits per heavy atom. The van der Waals surface area contributed by atoms with Crippen molar-refractivity contribution in [1.29, 1.82) is 0 Å². The van der Waals surface area contributed by atoms with Crippen LogP contribution in [-0.2, 0) is 0 Å². The van der Waals surface area contributed by atoms with Crippen molar-refractivity contribution in [2.24, 2.45) is 5.10 Å². The molecule has 0 saturated heterocycles. The molecule has 4 aromatic rings. The van der Waals surface area contributed by atoms with Crippen LogP contribution in [-0.4, -0.2) is 30.2 Å². The van der Waals surface area contributed by atoms with E-state index < -0.39 is 0 Å². The molecular formula is C20H18ClN7. The van der Waals surface area contributed by atoms with Crippen molar-refractivity contribution in [3.05, 3.63) is 71.2 Å². The molecule has 0 aliphatic heterocycles. The monoisotopic (exact) mass is 391 g/mol. The lowest BCUT2D eigenvalue weighted by molar-refractivity contribution is 0.932. The summed E-state index contributed by atoms with van der Waals surface area (Å²) in [5.41, 5.74) is 6.44. The summed E-state index contributed by atoms with van der Waals surface area (Å²) in [5, 5.41) is 5.93. The molecule has 3 heterocycles. The Bertz CT molecular complexity index is 1180. The Hall–Kier alpha value is -3.32. The molecule has 0 radical (unpaired) electrons. The van der Waals surface area contributed by atoms with Gasteiger partial charge in [-0.05, 0) is 51.1 Å². The van der Waals surface area contributed by atoms with Gasteiger partial charge in [-0.3, -0.25) is 9.99 Å². The van der Waals surface area contributed by atoms with E-state index in [1.165, 1.54) is 6.33 Å². The molecule has 0 aliphatic rings. The van der Waals surface area contributed by atoms with Gasteiger partial charge in [-0.1, -0.05) is 11.6 Å². The van der Waals surface area contributed by atoms with Crippen LogP contribution in [0.25, 0.3) is 16.7 Å². The number of pyridine rings is 1. The topological polar surface area (TPSA) is 80.9 Å². The van der Waals surface area contributed by atoms with Crippen molar-refractivity contribution >= 4 is 34.0 Å². The van der Waals surface area contributed by atoms with Crippen molar-refractivity contribution < 1.29 is 0 Å². The van der Waals surface area contributed by atoms with Crippen LogP contribution in [0, 0.1) is 13.8 Å². The van der Waals surface area contributed by atoms with Gasteiger partial charge in [-0.25, -0.2) is 19.9 Å². The molecule has 140 valence electrons. The van der Waals surface area contributed by atoms with Gasteiger partial charge in [-0.15, -0.1) is 0 Å². The maximum absolute atomic E-state index is 6.03. The number of rotatable bonds is 4. The number of nitrogens with one attached hydrogen (secondary N) is 1. The summed E-state index contributed by atoms with van der Waals surface area (Å²) in [6.07, 6.45) is 5.24. The highest BCUT2D eigenvalue weighted by atomic mass is 35.5. The Morgan fingerprint density at radius 2 is 1.96 bits per heavy atom. The van der Waals surface area contributed by atoms with Crippen molar-refractivity contribution in [1.82, 2.24) is 24.5 Å². The van der Waals surface area contributed by atoms with Gasteiger partial charge < -0.3 is 0 Å². The van der Waals surface area contributed by atoms with E-state index in [-0.39, 0.29) is 0 Å². The van der Waals surface area contributed by atoms with Gasteiger partial charge in [0.15, 0.2) is 5.82 Å². The minimum atomic E-state index is 0.620. The fourth-order valence-electron chi connectivity index (χ4n) is 2.91. The second-order valence-electron chi connectivity index (χ2n) is 6.40. The SMILES string of the molecule is CC(=NNc1ncnc2cc(Cl)ccc12)c1ccc(-n2cc(C)nc2C)nc1. The Morgan fingerprint density at radius 3 is 2.68 bits per heavy atom. The largest absolute Gasteiger partial charge is 0.288 e. The molecule has 0 bridgehead atoms. The van der Waals surface area contributed by atoms with Gasteiger partial charge in [0.25, 0.3) is 0 Å². The predicted molar refractivity (Wildman–Crippen MR) is 111 cm³/mol. The van der Waals surface area contributed by atoms with Crippen molar-refractivity contribution in [2.75, 3.05) is 5.43 Å². The quantitative estimate of drug-likeness (QED) is 0.414. The van der Waals surface area contributed by atoms with E-state index in [4.69, 9.17) is 11.6 Å². The molecule has 1 aromatic carbocycles. The standard InChI is InChI=1S/C20H18ClN7/c1-12-10-28(14(3)25-12)19-7-4-15(9-22-19)13(2)26-27-20-17-6-5-16(21)8-18(17)23-11-24-20/h4-11H,1-3H3,(H,23,24,27). The van der Waals surface area contributed by atoms with Gasteiger partial charge in [0.05, 0.1) is 16.9 Å². The summed E-state index contributed by atoms with van der Waals surface area (Å²) >= 11 is 6.03. The van der Waals surface area contributed by atoms with Gasteiger partial charge in [0, 0.05) is 28.4 Å². The molecule has 0 saturated carbocycles. The maximum Gasteiger partial charge on any atom is 0.157 e. The first-order chi connectivity index (χ1) is 13.5. The summed E-state index contributed by atoms with van der Waals surface area (Å²) in [6, 6.07) is 9.40. The first-order valence-corrected chi connectivity index (χ1v) is 9.09. The third kappa shape index (κ3) is 3.57. The van der Waals surface area contributed by atoms with Crippen LogP contribution in [0.5, 0.6) is 0 Å². The number of aryl methyl sites for hydroxylation is 2. The highest BCUT2D eigenvalue weighted by Gasteiger charge is 2.07. The number of fused-ring (bicyclic) bond motifs is 1. The lowest BCUT2D eigenvalue weighted by atomic mass is 10.2. The molecule has 0 aliphatic carbocycles. The second-order valence-corrected chi connectivity index (χ2v) is 6.83. The fraction of sp³-hybridized carbons (Fsp3) is 0.150. The average Bonchev–Trinajstić information content (AvgIpc) is 3.04. The van der Waals surface area contributed by atoms with Gasteiger partial charge in [-0.2, -0.15) is 5.10 Å². The molecule has 0 unspecified atom stereocenters. The van der Waals surface area contributed by atoms with Crippen LogP contribution < -0.4 is 5.43 Å². The Kier molecular flexibility index (Phi) is 4.75. The van der Waals surface area contributed by atoms with Crippen molar-refractivity contribution in [3.8, 4) is 5.82 Å². The van der Waals surface area contributed by atoms with E-state index in [1.807, 2.05) is 49.7 Å². The first kappa shape index (κ1) is 18.1. The Labute approximate surface area is 167 Å². The zero-order chi connectivity index (χ0) is 19.7. The number of hydrogen-bond acceptors (Lipinski definition) is 6. The lowest BCUT2D eigenvalue weighted by Crippen LogP contribution is -2.04. The molecule has 28 heavy (non-hydrogen) atoms. The summed E-state index contributed by atoms with van der Waals surface area (Å²) in [4.78, 5) is 17.4. The second kappa shape index (κ2) is 7.36. The van der Waals surface area contributed by atoms with Crippen LogP contribution in [0.2, 0.25) is 5.02 Å². The first-order valence-electron chi connectivity index (χ1n) is 8.71. The number of aromatic nitrogens is 5. The average molecular weight is 392 g/mol. The minimum absolute atomic E-state index is 0.620. The molecule has 0 amide bonds. The zero-order valence-electron chi connectivity index (χ0n) is 15.7. The third-order valence-corrected chi connectivity index (χ3v) is 4.58. The van der Waals surface area contributed by atoms with Crippen molar-refractivity contribution in [3.63, 3.8) is 0 Å². The lowest BCUT2D eigenvalue weighted by Gasteiger charge is -2.07. The van der Waals surface area contributed by atoms with Crippen LogP contribution in [0.4, 0.5) is 5.82 Å². The van der Waals surface area contributed by atoms with Crippen LogP contribution in [0.1, 0.15) is 24.0 Å². The number of halogens is 1. The minimum Gasteiger partial charge on any atom is -0.288 e. The summed E-state index contributed by atoms with van der Waals surface area (Å²) in [7, 11) is 0. The zero-order valence-corrected chi connectivity index (χ0v) is 16.4. The molecule has 0 fully saturated rings. The third-order valence-electron chi connectivity index (χ3n) is 4.34. The fourth-order valence-corrected chi connectivity index (χ4v) is 3.08. The van der Waals surface area contributed by atoms with Gasteiger partial charge in [0.1, 0.15) is 18.0 Å². The number of hydrogen-bond donors (Lipinski definition) is 1. The van der Waals surface area contributed by atoms with Gasteiger partial charge >= 0.3 is 0 Å². The number of imidazole rings is 1. The Balaban J connectivity index is 1.57. The molecule has 4 rings (SSSR count). The maximum atomic E-state index is 6.03. The number of benzene rings is 1. The highest BCUT2D eigenvalue weighted by molar-refractivity contribution is 6.31. The van der Waals surface area contributed by atoms with E-state index >= 15 is 0 Å². The normalized spacial score (nSPS) is 11.8. The number of hydrazone groups is 1. The highest BCUT2D eigenvalue weighted by Crippen LogP contribution is 2.22. The predicted octanol–water partition coefficient (Wildman–Crippen LogP) is 4.32. The van der Waals surface area contributed by atoms with E-state index in [0.717, 1.165) is 39.5 Å². The summed E-state index contributed by atoms with van der Waals surface area (Å²) in [5.74, 6) is 2.34.